The Hall–Kier alpha value is -3.16. The molecule has 2 aromatic heterocycles. The monoisotopic (exact) mass is 341 g/mol. The number of aryl methyl sites for hydroxylation is 1. The van der Waals surface area contributed by atoms with Crippen LogP contribution in [0.3, 0.4) is 0 Å². The van der Waals surface area contributed by atoms with Crippen LogP contribution in [0.5, 0.6) is 5.75 Å². The number of nitrogens with zero attached hydrogens (tertiary/aromatic N) is 4. The van der Waals surface area contributed by atoms with Crippen molar-refractivity contribution in [3.8, 4) is 17.3 Å². The van der Waals surface area contributed by atoms with Gasteiger partial charge in [-0.25, -0.2) is 0 Å². The molecule has 0 saturated carbocycles. The van der Waals surface area contributed by atoms with Crippen LogP contribution in [0.25, 0.3) is 11.6 Å². The molecule has 0 bridgehead atoms. The number of carbonyl (C=O) groups excluding carboxylic acids is 1. The highest BCUT2D eigenvalue weighted by atomic mass is 16.5. The van der Waals surface area contributed by atoms with Crippen molar-refractivity contribution in [1.29, 1.82) is 0 Å². The summed E-state index contributed by atoms with van der Waals surface area (Å²) in [5, 5.41) is 14.2. The molecule has 0 unspecified atom stereocenters. The third-order valence-electron chi connectivity index (χ3n) is 3.63. The standard InChI is InChI=1S/C17H19N5O3/c1-11(2)12-4-6-13(7-5-12)24-10-15(23)19-17-21-20-16(25-17)14-8-9-18-22(14)3/h4-9,11H,10H2,1-3H3,(H,19,21,23). The Morgan fingerprint density at radius 2 is 2.00 bits per heavy atom. The maximum atomic E-state index is 11.9. The van der Waals surface area contributed by atoms with Crippen LogP contribution in [0.2, 0.25) is 0 Å². The zero-order chi connectivity index (χ0) is 17.8. The summed E-state index contributed by atoms with van der Waals surface area (Å²) in [6.07, 6.45) is 1.62. The highest BCUT2D eigenvalue weighted by molar-refractivity contribution is 5.89. The van der Waals surface area contributed by atoms with E-state index in [1.807, 2.05) is 24.3 Å². The van der Waals surface area contributed by atoms with Crippen LogP contribution in [0, 0.1) is 0 Å². The summed E-state index contributed by atoms with van der Waals surface area (Å²) in [6, 6.07) is 9.40. The highest BCUT2D eigenvalue weighted by Crippen LogP contribution is 2.19. The number of hydrogen-bond donors (Lipinski definition) is 1. The van der Waals surface area contributed by atoms with Crippen LogP contribution >= 0.6 is 0 Å². The van der Waals surface area contributed by atoms with Crippen LogP contribution in [-0.4, -0.2) is 32.5 Å². The molecule has 130 valence electrons. The van der Waals surface area contributed by atoms with Gasteiger partial charge in [0.1, 0.15) is 11.4 Å². The molecule has 3 aromatic rings. The highest BCUT2D eigenvalue weighted by Gasteiger charge is 2.14. The minimum atomic E-state index is -0.381. The molecule has 0 aliphatic carbocycles. The molecule has 2 heterocycles. The molecule has 0 radical (unpaired) electrons. The van der Waals surface area contributed by atoms with Gasteiger partial charge in [-0.1, -0.05) is 31.1 Å². The van der Waals surface area contributed by atoms with E-state index in [0.717, 1.165) is 0 Å². The number of ether oxygens (including phenoxy) is 1. The second-order valence-electron chi connectivity index (χ2n) is 5.81. The van der Waals surface area contributed by atoms with Gasteiger partial charge in [0.2, 0.25) is 0 Å². The number of nitrogens with one attached hydrogen (secondary N) is 1. The molecule has 0 atom stereocenters. The second-order valence-corrected chi connectivity index (χ2v) is 5.81. The van der Waals surface area contributed by atoms with Crippen molar-refractivity contribution in [1.82, 2.24) is 20.0 Å². The summed E-state index contributed by atoms with van der Waals surface area (Å²) in [5.41, 5.74) is 1.87. The summed E-state index contributed by atoms with van der Waals surface area (Å²) in [7, 11) is 1.76. The number of anilines is 1. The average Bonchev–Trinajstić information content (AvgIpc) is 3.22. The number of rotatable bonds is 6. The van der Waals surface area contributed by atoms with E-state index in [0.29, 0.717) is 17.4 Å². The van der Waals surface area contributed by atoms with Crippen molar-refractivity contribution in [3.63, 3.8) is 0 Å². The molecular formula is C17H19N5O3. The molecule has 8 heteroatoms. The second kappa shape index (κ2) is 7.16. The Bertz CT molecular complexity index is 851. The van der Waals surface area contributed by atoms with Crippen molar-refractivity contribution >= 4 is 11.9 Å². The Morgan fingerprint density at radius 1 is 1.24 bits per heavy atom. The van der Waals surface area contributed by atoms with Crippen molar-refractivity contribution in [2.45, 2.75) is 19.8 Å². The van der Waals surface area contributed by atoms with Gasteiger partial charge in [-0.15, -0.1) is 5.10 Å². The quantitative estimate of drug-likeness (QED) is 0.740. The van der Waals surface area contributed by atoms with E-state index in [9.17, 15) is 4.79 Å². The fourth-order valence-corrected chi connectivity index (χ4v) is 2.21. The van der Waals surface area contributed by atoms with Crippen LogP contribution in [0.15, 0.2) is 40.9 Å². The van der Waals surface area contributed by atoms with Gasteiger partial charge >= 0.3 is 6.01 Å². The van der Waals surface area contributed by atoms with Crippen molar-refractivity contribution < 1.29 is 13.9 Å². The van der Waals surface area contributed by atoms with Gasteiger partial charge in [0.15, 0.2) is 6.61 Å². The first-order chi connectivity index (χ1) is 12.0. The predicted octanol–water partition coefficient (Wildman–Crippen LogP) is 2.61. The Morgan fingerprint density at radius 3 is 2.64 bits per heavy atom. The van der Waals surface area contributed by atoms with Gasteiger partial charge in [-0.3, -0.25) is 14.8 Å². The van der Waals surface area contributed by atoms with Gasteiger partial charge in [0.05, 0.1) is 0 Å². The van der Waals surface area contributed by atoms with Crippen molar-refractivity contribution in [3.05, 3.63) is 42.1 Å². The smallest absolute Gasteiger partial charge is 0.322 e. The Kier molecular flexibility index (Phi) is 4.78. The molecule has 8 nitrogen and oxygen atoms in total. The molecular weight excluding hydrogens is 322 g/mol. The lowest BCUT2D eigenvalue weighted by Gasteiger charge is -2.08. The van der Waals surface area contributed by atoms with Gasteiger partial charge < -0.3 is 9.15 Å². The van der Waals surface area contributed by atoms with Crippen LogP contribution in [-0.2, 0) is 11.8 Å². The molecule has 3 rings (SSSR count). The number of hydrogen-bond acceptors (Lipinski definition) is 6. The Labute approximate surface area is 144 Å². The molecule has 1 aromatic carbocycles. The average molecular weight is 341 g/mol. The SMILES string of the molecule is CC(C)c1ccc(OCC(=O)Nc2nnc(-c3ccnn3C)o2)cc1. The maximum absolute atomic E-state index is 11.9. The lowest BCUT2D eigenvalue weighted by molar-refractivity contribution is -0.118. The van der Waals surface area contributed by atoms with Gasteiger partial charge in [0, 0.05) is 13.2 Å². The zero-order valence-electron chi connectivity index (χ0n) is 14.3. The first kappa shape index (κ1) is 16.7. The van der Waals surface area contributed by atoms with Gasteiger partial charge in [-0.05, 0) is 29.7 Å². The topological polar surface area (TPSA) is 95.1 Å². The summed E-state index contributed by atoms with van der Waals surface area (Å²) >= 11 is 0. The van der Waals surface area contributed by atoms with Crippen LogP contribution in [0.4, 0.5) is 6.01 Å². The molecule has 25 heavy (non-hydrogen) atoms. The minimum absolute atomic E-state index is 0.0138. The van der Waals surface area contributed by atoms with E-state index in [2.05, 4.69) is 34.5 Å². The lowest BCUT2D eigenvalue weighted by atomic mass is 10.0. The third kappa shape index (κ3) is 4.03. The Balaban J connectivity index is 1.54. The molecule has 0 fully saturated rings. The van der Waals surface area contributed by atoms with Gasteiger partial charge in [0.25, 0.3) is 11.8 Å². The largest absolute Gasteiger partial charge is 0.484 e. The maximum Gasteiger partial charge on any atom is 0.322 e. The lowest BCUT2D eigenvalue weighted by Crippen LogP contribution is -2.20. The summed E-state index contributed by atoms with van der Waals surface area (Å²) in [4.78, 5) is 11.9. The fourth-order valence-electron chi connectivity index (χ4n) is 2.21. The summed E-state index contributed by atoms with van der Waals surface area (Å²) in [5.74, 6) is 0.970. The van der Waals surface area contributed by atoms with E-state index < -0.39 is 0 Å². The molecule has 0 aliphatic heterocycles. The van der Waals surface area contributed by atoms with E-state index in [-0.39, 0.29) is 24.4 Å². The molecule has 0 aliphatic rings. The van der Waals surface area contributed by atoms with Gasteiger partial charge in [-0.2, -0.15) is 5.10 Å². The minimum Gasteiger partial charge on any atom is -0.484 e. The van der Waals surface area contributed by atoms with E-state index in [1.165, 1.54) is 5.56 Å². The normalized spacial score (nSPS) is 10.9. The van der Waals surface area contributed by atoms with E-state index >= 15 is 0 Å². The molecule has 1 amide bonds. The molecule has 0 saturated heterocycles. The zero-order valence-corrected chi connectivity index (χ0v) is 14.3. The van der Waals surface area contributed by atoms with Crippen LogP contribution in [0.1, 0.15) is 25.3 Å². The van der Waals surface area contributed by atoms with Crippen molar-refractivity contribution in [2.75, 3.05) is 11.9 Å². The predicted molar refractivity (Wildman–Crippen MR) is 91.2 cm³/mol. The van der Waals surface area contributed by atoms with Crippen LogP contribution < -0.4 is 10.1 Å². The van der Waals surface area contributed by atoms with Crippen molar-refractivity contribution in [2.24, 2.45) is 7.05 Å². The summed E-state index contributed by atoms with van der Waals surface area (Å²) in [6.45, 7) is 4.09. The molecule has 0 spiro atoms. The fraction of sp³-hybridized carbons (Fsp3) is 0.294. The number of carbonyl (C=O) groups is 1. The first-order valence-corrected chi connectivity index (χ1v) is 7.87. The summed E-state index contributed by atoms with van der Waals surface area (Å²) < 4.78 is 12.5. The molecule has 1 N–H and O–H groups in total. The van der Waals surface area contributed by atoms with E-state index in [1.54, 1.807) is 24.0 Å². The number of aromatic nitrogens is 4. The van der Waals surface area contributed by atoms with E-state index in [4.69, 9.17) is 9.15 Å². The third-order valence-corrected chi connectivity index (χ3v) is 3.63. The number of amides is 1. The number of benzene rings is 1. The first-order valence-electron chi connectivity index (χ1n) is 7.87.